The average Bonchev–Trinajstić information content (AvgIpc) is 2.21. The van der Waals surface area contributed by atoms with Gasteiger partial charge in [0.15, 0.2) is 0 Å². The van der Waals surface area contributed by atoms with Crippen LogP contribution in [0.25, 0.3) is 0 Å². The lowest BCUT2D eigenvalue weighted by molar-refractivity contribution is -0.137. The van der Waals surface area contributed by atoms with E-state index < -0.39 is 5.97 Å². The fraction of sp³-hybridized carbons (Fsp3) is 0.923. The molecule has 0 aliphatic heterocycles. The summed E-state index contributed by atoms with van der Waals surface area (Å²) in [6, 6.07) is 0.804. The van der Waals surface area contributed by atoms with E-state index in [9.17, 15) is 4.79 Å². The summed E-state index contributed by atoms with van der Waals surface area (Å²) in [5, 5.41) is 12.0. The van der Waals surface area contributed by atoms with Crippen LogP contribution in [0.15, 0.2) is 0 Å². The number of unbranched alkanes of at least 4 members (excludes halogenated alkanes) is 3. The van der Waals surface area contributed by atoms with Crippen LogP contribution in [0, 0.1) is 0 Å². The molecule has 2 atom stereocenters. The summed E-state index contributed by atoms with van der Waals surface area (Å²) < 4.78 is 0. The van der Waals surface area contributed by atoms with Gasteiger partial charge in [-0.1, -0.05) is 32.6 Å². The van der Waals surface area contributed by atoms with Gasteiger partial charge in [-0.3, -0.25) is 4.79 Å². The Labute approximate surface area is 99.6 Å². The van der Waals surface area contributed by atoms with Crippen molar-refractivity contribution in [3.63, 3.8) is 0 Å². The van der Waals surface area contributed by atoms with Crippen LogP contribution >= 0.6 is 0 Å². The molecule has 0 spiro atoms. The SMILES string of the molecule is CCCCCCC(C)NC(C)CCC(=O)O. The van der Waals surface area contributed by atoms with Crippen molar-refractivity contribution in [1.82, 2.24) is 5.32 Å². The molecule has 0 fully saturated rings. The minimum absolute atomic E-state index is 0.261. The van der Waals surface area contributed by atoms with E-state index in [4.69, 9.17) is 5.11 Å². The van der Waals surface area contributed by atoms with Gasteiger partial charge >= 0.3 is 5.97 Å². The Balaban J connectivity index is 3.46. The summed E-state index contributed by atoms with van der Waals surface area (Å²) in [6.45, 7) is 6.46. The van der Waals surface area contributed by atoms with E-state index in [0.29, 0.717) is 18.5 Å². The smallest absolute Gasteiger partial charge is 0.303 e. The number of hydrogen-bond acceptors (Lipinski definition) is 2. The molecule has 16 heavy (non-hydrogen) atoms. The second-order valence-electron chi connectivity index (χ2n) is 4.75. The number of hydrogen-bond donors (Lipinski definition) is 2. The number of nitrogens with one attached hydrogen (secondary N) is 1. The third kappa shape index (κ3) is 9.97. The molecule has 96 valence electrons. The van der Waals surface area contributed by atoms with E-state index >= 15 is 0 Å². The molecule has 2 unspecified atom stereocenters. The highest BCUT2D eigenvalue weighted by Gasteiger charge is 2.08. The van der Waals surface area contributed by atoms with Crippen molar-refractivity contribution in [2.75, 3.05) is 0 Å². The summed E-state index contributed by atoms with van der Waals surface area (Å²) in [5.74, 6) is -0.704. The lowest BCUT2D eigenvalue weighted by Gasteiger charge is -2.19. The summed E-state index contributed by atoms with van der Waals surface area (Å²) in [7, 11) is 0. The van der Waals surface area contributed by atoms with Gasteiger partial charge in [-0.05, 0) is 26.7 Å². The summed E-state index contributed by atoms with van der Waals surface area (Å²) in [5.41, 5.74) is 0. The van der Waals surface area contributed by atoms with E-state index in [0.717, 1.165) is 0 Å². The number of aliphatic carboxylic acids is 1. The molecule has 0 saturated heterocycles. The molecule has 0 bridgehead atoms. The second kappa shape index (κ2) is 9.64. The number of rotatable bonds is 10. The molecular weight excluding hydrogens is 202 g/mol. The first-order chi connectivity index (χ1) is 7.56. The van der Waals surface area contributed by atoms with E-state index in [1.807, 2.05) is 0 Å². The molecule has 0 aromatic heterocycles. The van der Waals surface area contributed by atoms with Gasteiger partial charge in [0.1, 0.15) is 0 Å². The van der Waals surface area contributed by atoms with E-state index in [1.165, 1.54) is 32.1 Å². The monoisotopic (exact) mass is 229 g/mol. The van der Waals surface area contributed by atoms with Gasteiger partial charge in [0.25, 0.3) is 0 Å². The van der Waals surface area contributed by atoms with E-state index in [2.05, 4.69) is 26.1 Å². The Hall–Kier alpha value is -0.570. The number of carbonyl (C=O) groups is 1. The molecule has 0 saturated carbocycles. The first kappa shape index (κ1) is 15.4. The van der Waals surface area contributed by atoms with Crippen molar-refractivity contribution in [3.8, 4) is 0 Å². The Morgan fingerprint density at radius 3 is 2.31 bits per heavy atom. The van der Waals surface area contributed by atoms with Crippen molar-refractivity contribution >= 4 is 5.97 Å². The fourth-order valence-electron chi connectivity index (χ4n) is 1.87. The third-order valence-corrected chi connectivity index (χ3v) is 2.85. The molecule has 0 heterocycles. The predicted octanol–water partition coefficient (Wildman–Crippen LogP) is 3.19. The van der Waals surface area contributed by atoms with Crippen molar-refractivity contribution in [2.24, 2.45) is 0 Å². The average molecular weight is 229 g/mol. The number of carboxylic acids is 1. The quantitative estimate of drug-likeness (QED) is 0.566. The van der Waals surface area contributed by atoms with Crippen LogP contribution < -0.4 is 5.32 Å². The molecule has 0 radical (unpaired) electrons. The van der Waals surface area contributed by atoms with Gasteiger partial charge in [0.05, 0.1) is 0 Å². The Bertz CT molecular complexity index is 183. The topological polar surface area (TPSA) is 49.3 Å². The fourth-order valence-corrected chi connectivity index (χ4v) is 1.87. The van der Waals surface area contributed by atoms with Crippen molar-refractivity contribution in [2.45, 2.75) is 77.8 Å². The maximum atomic E-state index is 10.4. The lowest BCUT2D eigenvalue weighted by atomic mass is 10.1. The molecule has 0 rings (SSSR count). The maximum absolute atomic E-state index is 10.4. The highest BCUT2D eigenvalue weighted by Crippen LogP contribution is 2.07. The third-order valence-electron chi connectivity index (χ3n) is 2.85. The molecule has 3 nitrogen and oxygen atoms in total. The minimum atomic E-state index is -0.704. The van der Waals surface area contributed by atoms with E-state index in [-0.39, 0.29) is 6.42 Å². The molecule has 0 aliphatic rings. The van der Waals surface area contributed by atoms with Crippen LogP contribution in [-0.2, 0) is 4.79 Å². The van der Waals surface area contributed by atoms with E-state index in [1.54, 1.807) is 0 Å². The predicted molar refractivity (Wildman–Crippen MR) is 67.7 cm³/mol. The largest absolute Gasteiger partial charge is 0.481 e. The zero-order chi connectivity index (χ0) is 12.4. The Kier molecular flexibility index (Phi) is 9.30. The molecule has 0 aromatic carbocycles. The van der Waals surface area contributed by atoms with Gasteiger partial charge < -0.3 is 10.4 Å². The maximum Gasteiger partial charge on any atom is 0.303 e. The molecule has 0 aromatic rings. The van der Waals surface area contributed by atoms with Gasteiger partial charge in [0.2, 0.25) is 0 Å². The minimum Gasteiger partial charge on any atom is -0.481 e. The van der Waals surface area contributed by atoms with Gasteiger partial charge in [-0.2, -0.15) is 0 Å². The van der Waals surface area contributed by atoms with Crippen LogP contribution in [0.1, 0.15) is 65.7 Å². The molecule has 0 aliphatic carbocycles. The zero-order valence-corrected chi connectivity index (χ0v) is 11.0. The summed E-state index contributed by atoms with van der Waals surface area (Å²) in [4.78, 5) is 10.4. The first-order valence-corrected chi connectivity index (χ1v) is 6.54. The van der Waals surface area contributed by atoms with Crippen LogP contribution in [-0.4, -0.2) is 23.2 Å². The Morgan fingerprint density at radius 2 is 1.75 bits per heavy atom. The van der Waals surface area contributed by atoms with Crippen molar-refractivity contribution in [1.29, 1.82) is 0 Å². The molecular formula is C13H27NO2. The molecule has 3 heteroatoms. The van der Waals surface area contributed by atoms with Gasteiger partial charge in [0, 0.05) is 18.5 Å². The summed E-state index contributed by atoms with van der Waals surface area (Å²) in [6.07, 6.45) is 7.35. The lowest BCUT2D eigenvalue weighted by Crippen LogP contribution is -2.34. The normalized spacial score (nSPS) is 14.7. The molecule has 2 N–H and O–H groups in total. The van der Waals surface area contributed by atoms with Crippen molar-refractivity contribution < 1.29 is 9.90 Å². The second-order valence-corrected chi connectivity index (χ2v) is 4.75. The molecule has 0 amide bonds. The van der Waals surface area contributed by atoms with Crippen molar-refractivity contribution in [3.05, 3.63) is 0 Å². The standard InChI is InChI=1S/C13H27NO2/c1-4-5-6-7-8-11(2)14-12(3)9-10-13(15)16/h11-12,14H,4-10H2,1-3H3,(H,15,16). The van der Waals surface area contributed by atoms with Crippen LogP contribution in [0.5, 0.6) is 0 Å². The summed E-state index contributed by atoms with van der Waals surface area (Å²) >= 11 is 0. The highest BCUT2D eigenvalue weighted by molar-refractivity contribution is 5.66. The van der Waals surface area contributed by atoms with Gasteiger partial charge in [-0.25, -0.2) is 0 Å². The van der Waals surface area contributed by atoms with Crippen LogP contribution in [0.4, 0.5) is 0 Å². The highest BCUT2D eigenvalue weighted by atomic mass is 16.4. The van der Waals surface area contributed by atoms with Gasteiger partial charge in [-0.15, -0.1) is 0 Å². The first-order valence-electron chi connectivity index (χ1n) is 6.54. The van der Waals surface area contributed by atoms with Crippen LogP contribution in [0.3, 0.4) is 0 Å². The van der Waals surface area contributed by atoms with Crippen LogP contribution in [0.2, 0.25) is 0 Å². The number of carboxylic acid groups (broad SMARTS) is 1. The zero-order valence-electron chi connectivity index (χ0n) is 11.0. The Morgan fingerprint density at radius 1 is 1.12 bits per heavy atom.